The molecule has 5 nitrogen and oxygen atoms in total. The fraction of sp³-hybridized carbons (Fsp3) is 0.222. The van der Waals surface area contributed by atoms with Gasteiger partial charge in [-0.25, -0.2) is 9.67 Å². The second-order valence-corrected chi connectivity index (χ2v) is 8.42. The molecule has 1 unspecified atom stereocenters. The zero-order valence-electron chi connectivity index (χ0n) is 18.4. The number of benzene rings is 2. The first kappa shape index (κ1) is 20.2. The van der Waals surface area contributed by atoms with Crippen molar-refractivity contribution in [2.45, 2.75) is 39.3 Å². The molecule has 1 aliphatic rings. The van der Waals surface area contributed by atoms with Gasteiger partial charge in [-0.05, 0) is 55.5 Å². The van der Waals surface area contributed by atoms with Crippen LogP contribution in [0.2, 0.25) is 0 Å². The number of nitrogens with zero attached hydrogens (tertiary/aromatic N) is 4. The molecule has 1 atom stereocenters. The van der Waals surface area contributed by atoms with E-state index >= 15 is 0 Å². The number of hydrogen-bond donors (Lipinski definition) is 0. The Hall–Kier alpha value is -3.73. The highest BCUT2D eigenvalue weighted by Crippen LogP contribution is 2.37. The Balaban J connectivity index is 1.53. The molecule has 0 N–H and O–H groups in total. The molecule has 2 aromatic heterocycles. The van der Waals surface area contributed by atoms with Crippen LogP contribution in [0.25, 0.3) is 5.82 Å². The Bertz CT molecular complexity index is 1240. The summed E-state index contributed by atoms with van der Waals surface area (Å²) in [5.74, 6) is 0.715. The van der Waals surface area contributed by atoms with E-state index < -0.39 is 0 Å². The molecule has 32 heavy (non-hydrogen) atoms. The van der Waals surface area contributed by atoms with Crippen LogP contribution in [0, 0.1) is 13.8 Å². The van der Waals surface area contributed by atoms with Crippen LogP contribution in [0.1, 0.15) is 50.8 Å². The number of aryl methyl sites for hydroxylation is 2. The monoisotopic (exact) mass is 422 g/mol. The number of fused-ring (bicyclic) bond motifs is 1. The third-order valence-electron chi connectivity index (χ3n) is 6.32. The molecule has 0 radical (unpaired) electrons. The number of hydrogen-bond acceptors (Lipinski definition) is 3. The number of amides is 1. The molecule has 5 heteroatoms. The van der Waals surface area contributed by atoms with Gasteiger partial charge in [-0.3, -0.25) is 4.79 Å². The molecule has 0 fully saturated rings. The summed E-state index contributed by atoms with van der Waals surface area (Å²) in [5, 5.41) is 4.49. The lowest BCUT2D eigenvalue weighted by molar-refractivity contribution is 0.0657. The summed E-state index contributed by atoms with van der Waals surface area (Å²) >= 11 is 0. The smallest absolute Gasteiger partial charge is 0.258 e. The fourth-order valence-electron chi connectivity index (χ4n) is 4.56. The summed E-state index contributed by atoms with van der Waals surface area (Å²) < 4.78 is 1.74. The lowest BCUT2D eigenvalue weighted by atomic mass is 10.0. The van der Waals surface area contributed by atoms with Gasteiger partial charge in [-0.1, -0.05) is 60.2 Å². The van der Waals surface area contributed by atoms with Crippen LogP contribution < -0.4 is 0 Å². The Kier molecular flexibility index (Phi) is 5.31. The van der Waals surface area contributed by atoms with Gasteiger partial charge >= 0.3 is 0 Å². The van der Waals surface area contributed by atoms with Crippen molar-refractivity contribution in [1.29, 1.82) is 0 Å². The van der Waals surface area contributed by atoms with Crippen LogP contribution in [-0.2, 0) is 13.0 Å². The largest absolute Gasteiger partial charge is 0.327 e. The van der Waals surface area contributed by atoms with Crippen LogP contribution >= 0.6 is 0 Å². The molecule has 160 valence electrons. The molecule has 2 aromatic carbocycles. The average Bonchev–Trinajstić information content (AvgIpc) is 3.42. The van der Waals surface area contributed by atoms with Crippen LogP contribution in [0.4, 0.5) is 0 Å². The molecular formula is C27H26N4O. The van der Waals surface area contributed by atoms with Crippen molar-refractivity contribution in [1.82, 2.24) is 19.7 Å². The topological polar surface area (TPSA) is 51.0 Å². The third-order valence-corrected chi connectivity index (χ3v) is 6.32. The minimum atomic E-state index is 0.00644. The number of aromatic nitrogens is 3. The second kappa shape index (κ2) is 8.42. The maximum Gasteiger partial charge on any atom is 0.258 e. The number of pyridine rings is 1. The molecule has 0 bridgehead atoms. The predicted molar refractivity (Wildman–Crippen MR) is 125 cm³/mol. The summed E-state index contributed by atoms with van der Waals surface area (Å²) in [4.78, 5) is 20.3. The minimum absolute atomic E-state index is 0.00644. The minimum Gasteiger partial charge on any atom is -0.327 e. The van der Waals surface area contributed by atoms with Gasteiger partial charge in [-0.15, -0.1) is 0 Å². The first-order valence-electron chi connectivity index (χ1n) is 11.0. The van der Waals surface area contributed by atoms with Gasteiger partial charge in [0.1, 0.15) is 0 Å². The van der Waals surface area contributed by atoms with Crippen molar-refractivity contribution in [2.75, 3.05) is 0 Å². The molecule has 0 spiro atoms. The summed E-state index contributed by atoms with van der Waals surface area (Å²) in [6.07, 6.45) is 5.33. The normalized spacial score (nSPS) is 14.9. The van der Waals surface area contributed by atoms with E-state index in [4.69, 9.17) is 0 Å². The van der Waals surface area contributed by atoms with Crippen molar-refractivity contribution < 1.29 is 4.79 Å². The van der Waals surface area contributed by atoms with E-state index in [0.717, 1.165) is 24.1 Å². The number of carbonyl (C=O) groups is 1. The van der Waals surface area contributed by atoms with E-state index in [1.54, 1.807) is 17.1 Å². The van der Waals surface area contributed by atoms with Crippen molar-refractivity contribution in [3.05, 3.63) is 113 Å². The molecule has 2 heterocycles. The first-order valence-corrected chi connectivity index (χ1v) is 11.0. The van der Waals surface area contributed by atoms with Crippen molar-refractivity contribution in [3.8, 4) is 5.82 Å². The van der Waals surface area contributed by atoms with Crippen molar-refractivity contribution in [2.24, 2.45) is 0 Å². The number of rotatable bonds is 5. The standard InChI is InChI=1S/C27H26N4O/c1-19-10-12-21(13-11-19)18-30(25-15-14-22-7-3-4-8-23(22)25)27(32)24-17-29-31(20(24)2)26-9-5-6-16-28-26/h3-13,16-17,25H,14-15,18H2,1-2H3. The van der Waals surface area contributed by atoms with E-state index in [0.29, 0.717) is 17.9 Å². The highest BCUT2D eigenvalue weighted by atomic mass is 16.2. The van der Waals surface area contributed by atoms with Crippen LogP contribution in [0.5, 0.6) is 0 Å². The van der Waals surface area contributed by atoms with Crippen LogP contribution in [0.15, 0.2) is 79.1 Å². The Labute approximate surface area is 188 Å². The van der Waals surface area contributed by atoms with Gasteiger partial charge in [-0.2, -0.15) is 5.10 Å². The highest BCUT2D eigenvalue weighted by Gasteiger charge is 2.33. The maximum atomic E-state index is 13.9. The Morgan fingerprint density at radius 2 is 1.81 bits per heavy atom. The summed E-state index contributed by atoms with van der Waals surface area (Å²) in [6, 6.07) is 22.6. The lowest BCUT2D eigenvalue weighted by Gasteiger charge is -2.30. The predicted octanol–water partition coefficient (Wildman–Crippen LogP) is 5.21. The molecule has 0 aliphatic heterocycles. The van der Waals surface area contributed by atoms with E-state index in [2.05, 4.69) is 65.5 Å². The zero-order valence-corrected chi connectivity index (χ0v) is 18.4. The molecule has 4 aromatic rings. The molecule has 0 saturated heterocycles. The van der Waals surface area contributed by atoms with Gasteiger partial charge in [0.25, 0.3) is 5.91 Å². The van der Waals surface area contributed by atoms with E-state index in [1.165, 1.54) is 16.7 Å². The zero-order chi connectivity index (χ0) is 22.1. The summed E-state index contributed by atoms with van der Waals surface area (Å²) in [7, 11) is 0. The van der Waals surface area contributed by atoms with Gasteiger partial charge < -0.3 is 4.90 Å². The van der Waals surface area contributed by atoms with E-state index in [1.807, 2.05) is 30.0 Å². The number of carbonyl (C=O) groups excluding carboxylic acids is 1. The Morgan fingerprint density at radius 1 is 1.03 bits per heavy atom. The molecule has 1 aliphatic carbocycles. The van der Waals surface area contributed by atoms with Gasteiger partial charge in [0, 0.05) is 12.7 Å². The summed E-state index contributed by atoms with van der Waals surface area (Å²) in [6.45, 7) is 4.57. The molecule has 1 amide bonds. The van der Waals surface area contributed by atoms with Crippen molar-refractivity contribution >= 4 is 5.91 Å². The van der Waals surface area contributed by atoms with Gasteiger partial charge in [0.05, 0.1) is 23.5 Å². The molecular weight excluding hydrogens is 396 g/mol. The maximum absolute atomic E-state index is 13.9. The fourth-order valence-corrected chi connectivity index (χ4v) is 4.56. The quantitative estimate of drug-likeness (QED) is 0.443. The van der Waals surface area contributed by atoms with Crippen LogP contribution in [-0.4, -0.2) is 25.6 Å². The Morgan fingerprint density at radius 3 is 2.59 bits per heavy atom. The summed E-state index contributed by atoms with van der Waals surface area (Å²) in [5.41, 5.74) is 6.34. The van der Waals surface area contributed by atoms with E-state index in [-0.39, 0.29) is 11.9 Å². The third kappa shape index (κ3) is 3.71. The van der Waals surface area contributed by atoms with Crippen LogP contribution in [0.3, 0.4) is 0 Å². The molecule has 0 saturated carbocycles. The van der Waals surface area contributed by atoms with Gasteiger partial charge in [0.2, 0.25) is 0 Å². The van der Waals surface area contributed by atoms with E-state index in [9.17, 15) is 4.79 Å². The lowest BCUT2D eigenvalue weighted by Crippen LogP contribution is -2.34. The average molecular weight is 423 g/mol. The SMILES string of the molecule is Cc1ccc(CN(C(=O)c2cnn(-c3ccccn3)c2C)C2CCc3ccccc32)cc1. The van der Waals surface area contributed by atoms with Crippen molar-refractivity contribution in [3.63, 3.8) is 0 Å². The highest BCUT2D eigenvalue weighted by molar-refractivity contribution is 5.95. The van der Waals surface area contributed by atoms with Gasteiger partial charge in [0.15, 0.2) is 5.82 Å². The molecule has 5 rings (SSSR count). The second-order valence-electron chi connectivity index (χ2n) is 8.42. The first-order chi connectivity index (χ1) is 15.6.